The topological polar surface area (TPSA) is 78.0 Å². The summed E-state index contributed by atoms with van der Waals surface area (Å²) in [5, 5.41) is 7.95. The van der Waals surface area contributed by atoms with E-state index in [0.717, 1.165) is 22.6 Å². The van der Waals surface area contributed by atoms with Gasteiger partial charge in [0.2, 0.25) is 0 Å². The van der Waals surface area contributed by atoms with Crippen LogP contribution in [0.2, 0.25) is 0 Å². The SMILES string of the molecule is COc1ccc(C)cc1C(NN)c1c(Br)nnn1C. The fraction of sp³-hybridized carbons (Fsp3) is 0.333. The van der Waals surface area contributed by atoms with Gasteiger partial charge in [-0.3, -0.25) is 5.84 Å². The maximum Gasteiger partial charge on any atom is 0.153 e. The van der Waals surface area contributed by atoms with Gasteiger partial charge in [-0.25, -0.2) is 10.1 Å². The van der Waals surface area contributed by atoms with E-state index in [2.05, 4.69) is 31.7 Å². The molecule has 3 N–H and O–H groups in total. The number of hydrogen-bond acceptors (Lipinski definition) is 5. The first-order chi connectivity index (χ1) is 9.08. The molecule has 1 unspecified atom stereocenters. The van der Waals surface area contributed by atoms with Crippen molar-refractivity contribution in [3.05, 3.63) is 39.6 Å². The van der Waals surface area contributed by atoms with Gasteiger partial charge in [0.1, 0.15) is 5.75 Å². The first kappa shape index (κ1) is 14.0. The van der Waals surface area contributed by atoms with Crippen LogP contribution in [0.5, 0.6) is 5.75 Å². The zero-order valence-corrected chi connectivity index (χ0v) is 12.6. The monoisotopic (exact) mass is 325 g/mol. The molecule has 0 bridgehead atoms. The first-order valence-electron chi connectivity index (χ1n) is 5.74. The molecule has 19 heavy (non-hydrogen) atoms. The van der Waals surface area contributed by atoms with Crippen molar-refractivity contribution in [2.45, 2.75) is 13.0 Å². The number of aryl methyl sites for hydroxylation is 2. The summed E-state index contributed by atoms with van der Waals surface area (Å²) < 4.78 is 7.73. The average Bonchev–Trinajstić information content (AvgIpc) is 2.72. The van der Waals surface area contributed by atoms with E-state index < -0.39 is 0 Å². The molecule has 1 heterocycles. The van der Waals surface area contributed by atoms with Crippen LogP contribution < -0.4 is 16.0 Å². The smallest absolute Gasteiger partial charge is 0.153 e. The number of hydrazine groups is 1. The van der Waals surface area contributed by atoms with Gasteiger partial charge in [0.15, 0.2) is 4.60 Å². The van der Waals surface area contributed by atoms with Crippen LogP contribution in [0.4, 0.5) is 0 Å². The second kappa shape index (κ2) is 5.68. The summed E-state index contributed by atoms with van der Waals surface area (Å²) in [4.78, 5) is 0. The summed E-state index contributed by atoms with van der Waals surface area (Å²) in [5.74, 6) is 6.48. The van der Waals surface area contributed by atoms with Crippen molar-refractivity contribution in [2.24, 2.45) is 12.9 Å². The quantitative estimate of drug-likeness (QED) is 0.657. The average molecular weight is 326 g/mol. The third-order valence-corrected chi connectivity index (χ3v) is 3.53. The van der Waals surface area contributed by atoms with E-state index in [0.29, 0.717) is 4.60 Å². The Labute approximate surface area is 120 Å². The molecule has 0 saturated carbocycles. The Kier molecular flexibility index (Phi) is 4.18. The maximum absolute atomic E-state index is 5.71. The molecule has 7 heteroatoms. The lowest BCUT2D eigenvalue weighted by molar-refractivity contribution is 0.402. The van der Waals surface area contributed by atoms with Crippen LogP contribution in [0.3, 0.4) is 0 Å². The predicted molar refractivity (Wildman–Crippen MR) is 75.6 cm³/mol. The number of methoxy groups -OCH3 is 1. The Morgan fingerprint density at radius 3 is 2.74 bits per heavy atom. The van der Waals surface area contributed by atoms with E-state index >= 15 is 0 Å². The molecule has 0 radical (unpaired) electrons. The maximum atomic E-state index is 5.71. The molecule has 2 aromatic rings. The molecule has 0 amide bonds. The van der Waals surface area contributed by atoms with Crippen LogP contribution in [-0.2, 0) is 7.05 Å². The van der Waals surface area contributed by atoms with Crippen LogP contribution in [0.1, 0.15) is 22.9 Å². The molecule has 0 fully saturated rings. The molecule has 0 aliphatic rings. The normalized spacial score (nSPS) is 12.5. The number of hydrogen-bond donors (Lipinski definition) is 2. The number of benzene rings is 1. The fourth-order valence-electron chi connectivity index (χ4n) is 2.04. The Hall–Kier alpha value is -1.44. The molecular formula is C12H16BrN5O. The van der Waals surface area contributed by atoms with Crippen molar-refractivity contribution in [1.29, 1.82) is 0 Å². The summed E-state index contributed by atoms with van der Waals surface area (Å²) >= 11 is 3.39. The number of nitrogens with one attached hydrogen (secondary N) is 1. The predicted octanol–water partition coefficient (Wildman–Crippen LogP) is 1.45. The second-order valence-corrected chi connectivity index (χ2v) is 4.99. The first-order valence-corrected chi connectivity index (χ1v) is 6.53. The molecule has 2 rings (SSSR count). The van der Waals surface area contributed by atoms with Gasteiger partial charge in [-0.1, -0.05) is 22.9 Å². The Balaban J connectivity index is 2.57. The highest BCUT2D eigenvalue weighted by atomic mass is 79.9. The van der Waals surface area contributed by atoms with Crippen LogP contribution in [0, 0.1) is 6.92 Å². The number of rotatable bonds is 4. The van der Waals surface area contributed by atoms with Crippen molar-refractivity contribution in [3.63, 3.8) is 0 Å². The van der Waals surface area contributed by atoms with Crippen LogP contribution in [0.25, 0.3) is 0 Å². The summed E-state index contributed by atoms with van der Waals surface area (Å²) in [6.45, 7) is 2.02. The van der Waals surface area contributed by atoms with E-state index in [9.17, 15) is 0 Å². The highest BCUT2D eigenvalue weighted by Gasteiger charge is 2.23. The zero-order chi connectivity index (χ0) is 14.0. The molecule has 1 atom stereocenters. The summed E-state index contributed by atoms with van der Waals surface area (Å²) in [5.41, 5.74) is 5.70. The van der Waals surface area contributed by atoms with Crippen LogP contribution in [-0.4, -0.2) is 22.1 Å². The number of nitrogens with zero attached hydrogens (tertiary/aromatic N) is 3. The van der Waals surface area contributed by atoms with Crippen molar-refractivity contribution in [1.82, 2.24) is 20.4 Å². The molecule has 1 aromatic carbocycles. The minimum atomic E-state index is -0.260. The number of nitrogens with two attached hydrogens (primary N) is 1. The molecule has 0 aliphatic carbocycles. The lowest BCUT2D eigenvalue weighted by Gasteiger charge is -2.19. The largest absolute Gasteiger partial charge is 0.496 e. The molecule has 0 saturated heterocycles. The molecule has 6 nitrogen and oxygen atoms in total. The van der Waals surface area contributed by atoms with Crippen molar-refractivity contribution in [3.8, 4) is 5.75 Å². The lowest BCUT2D eigenvalue weighted by Crippen LogP contribution is -2.31. The van der Waals surface area contributed by atoms with Crippen molar-refractivity contribution < 1.29 is 4.74 Å². The van der Waals surface area contributed by atoms with Gasteiger partial charge in [0, 0.05) is 12.6 Å². The molecule has 0 spiro atoms. The van der Waals surface area contributed by atoms with Crippen molar-refractivity contribution in [2.75, 3.05) is 7.11 Å². The third kappa shape index (κ3) is 2.63. The van der Waals surface area contributed by atoms with Gasteiger partial charge in [-0.15, -0.1) is 5.10 Å². The van der Waals surface area contributed by atoms with Gasteiger partial charge >= 0.3 is 0 Å². The Morgan fingerprint density at radius 1 is 1.47 bits per heavy atom. The van der Waals surface area contributed by atoms with Gasteiger partial charge in [-0.05, 0) is 28.9 Å². The van der Waals surface area contributed by atoms with Crippen LogP contribution in [0.15, 0.2) is 22.8 Å². The summed E-state index contributed by atoms with van der Waals surface area (Å²) in [7, 11) is 3.46. The van der Waals surface area contributed by atoms with Gasteiger partial charge in [0.25, 0.3) is 0 Å². The lowest BCUT2D eigenvalue weighted by atomic mass is 10.0. The van der Waals surface area contributed by atoms with Crippen molar-refractivity contribution >= 4 is 15.9 Å². The van der Waals surface area contributed by atoms with E-state index in [4.69, 9.17) is 10.6 Å². The standard InChI is InChI=1S/C12H16BrN5O/c1-7-4-5-9(19-3)8(6-7)10(15-14)11-12(13)16-17-18(11)2/h4-6,10,15H,14H2,1-3H3. The van der Waals surface area contributed by atoms with Gasteiger partial charge in [0.05, 0.1) is 18.8 Å². The Morgan fingerprint density at radius 2 is 2.21 bits per heavy atom. The minimum Gasteiger partial charge on any atom is -0.496 e. The number of aromatic nitrogens is 3. The summed E-state index contributed by atoms with van der Waals surface area (Å²) in [6, 6.07) is 5.69. The van der Waals surface area contributed by atoms with Crippen LogP contribution >= 0.6 is 15.9 Å². The van der Waals surface area contributed by atoms with E-state index in [-0.39, 0.29) is 6.04 Å². The molecular weight excluding hydrogens is 310 g/mol. The second-order valence-electron chi connectivity index (χ2n) is 4.23. The number of ether oxygens (including phenoxy) is 1. The molecule has 102 valence electrons. The molecule has 0 aliphatic heterocycles. The zero-order valence-electron chi connectivity index (χ0n) is 11.0. The van der Waals surface area contributed by atoms with E-state index in [1.54, 1.807) is 11.8 Å². The molecule has 1 aromatic heterocycles. The van der Waals surface area contributed by atoms with Gasteiger partial charge < -0.3 is 4.74 Å². The minimum absolute atomic E-state index is 0.260. The number of halogens is 1. The van der Waals surface area contributed by atoms with E-state index in [1.807, 2.05) is 32.2 Å². The third-order valence-electron chi connectivity index (χ3n) is 2.96. The fourth-order valence-corrected chi connectivity index (χ4v) is 2.60. The Bertz CT molecular complexity index is 564. The summed E-state index contributed by atoms with van der Waals surface area (Å²) in [6.07, 6.45) is 0. The van der Waals surface area contributed by atoms with E-state index in [1.165, 1.54) is 0 Å². The highest BCUT2D eigenvalue weighted by Crippen LogP contribution is 2.32. The highest BCUT2D eigenvalue weighted by molar-refractivity contribution is 9.10. The van der Waals surface area contributed by atoms with Gasteiger partial charge in [-0.2, -0.15) is 0 Å².